The Morgan fingerprint density at radius 3 is 2.44 bits per heavy atom. The summed E-state index contributed by atoms with van der Waals surface area (Å²) in [4.78, 5) is 28.6. The zero-order chi connectivity index (χ0) is 24.6. The third-order valence-electron chi connectivity index (χ3n) is 6.08. The summed E-state index contributed by atoms with van der Waals surface area (Å²) >= 11 is 6.10. The average Bonchev–Trinajstić information content (AvgIpc) is 2.76. The first-order chi connectivity index (χ1) is 16.1. The lowest BCUT2D eigenvalue weighted by Crippen LogP contribution is -2.56. The zero-order valence-electron chi connectivity index (χ0n) is 19.3. The Balaban J connectivity index is 1.64. The van der Waals surface area contributed by atoms with Gasteiger partial charge in [-0.2, -0.15) is 14.1 Å². The van der Waals surface area contributed by atoms with Gasteiger partial charge < -0.3 is 14.5 Å². The molecule has 2 aromatic rings. The number of anilines is 1. The van der Waals surface area contributed by atoms with Gasteiger partial charge in [-0.25, -0.2) is 8.42 Å². The molecule has 0 spiro atoms. The Morgan fingerprint density at radius 1 is 1.18 bits per heavy atom. The number of sulfonamides is 1. The lowest BCUT2D eigenvalue weighted by molar-refractivity contribution is -0.137. The van der Waals surface area contributed by atoms with Crippen molar-refractivity contribution in [3.05, 3.63) is 45.8 Å². The van der Waals surface area contributed by atoms with Gasteiger partial charge in [-0.3, -0.25) is 9.59 Å². The Bertz CT molecular complexity index is 1230. The maximum atomic E-state index is 13.5. The summed E-state index contributed by atoms with van der Waals surface area (Å²) in [6, 6.07) is 6.79. The van der Waals surface area contributed by atoms with Gasteiger partial charge in [-0.15, -0.1) is 0 Å². The van der Waals surface area contributed by atoms with Gasteiger partial charge in [0.05, 0.1) is 30.2 Å². The first-order valence-corrected chi connectivity index (χ1v) is 13.0. The van der Waals surface area contributed by atoms with Crippen LogP contribution in [0.15, 0.2) is 35.3 Å². The van der Waals surface area contributed by atoms with Crippen LogP contribution in [-0.2, 0) is 14.8 Å². The second-order valence-corrected chi connectivity index (χ2v) is 11.6. The normalized spacial score (nSPS) is 17.7. The molecular weight excluding hydrogens is 482 g/mol. The molecule has 0 bridgehead atoms. The number of likely N-dealkylation sites (tertiary alicyclic amines) is 1. The first kappa shape index (κ1) is 24.5. The molecule has 0 atom stereocenters. The third kappa shape index (κ3) is 4.77. The van der Waals surface area contributed by atoms with Crippen LogP contribution < -0.4 is 15.2 Å². The number of piperazine rings is 1. The van der Waals surface area contributed by atoms with Crippen LogP contribution in [0.1, 0.15) is 20.8 Å². The maximum Gasteiger partial charge on any atom is 0.316 e. The van der Waals surface area contributed by atoms with Gasteiger partial charge in [0, 0.05) is 38.1 Å². The first-order valence-electron chi connectivity index (χ1n) is 11.1. The van der Waals surface area contributed by atoms with Crippen molar-refractivity contribution in [2.24, 2.45) is 0 Å². The van der Waals surface area contributed by atoms with Crippen molar-refractivity contribution in [2.75, 3.05) is 44.2 Å². The van der Waals surface area contributed by atoms with E-state index in [0.717, 1.165) is 0 Å². The van der Waals surface area contributed by atoms with Crippen LogP contribution in [0.5, 0.6) is 5.75 Å². The van der Waals surface area contributed by atoms with Crippen molar-refractivity contribution in [3.8, 4) is 11.4 Å². The van der Waals surface area contributed by atoms with E-state index >= 15 is 0 Å². The second kappa shape index (κ2) is 9.55. The summed E-state index contributed by atoms with van der Waals surface area (Å²) in [5.74, 6) is 0.0805. The predicted octanol–water partition coefficient (Wildman–Crippen LogP) is 1.36. The van der Waals surface area contributed by atoms with Crippen molar-refractivity contribution in [2.45, 2.75) is 32.1 Å². The fraction of sp³-hybridized carbons (Fsp3) is 0.500. The molecule has 2 aliphatic heterocycles. The summed E-state index contributed by atoms with van der Waals surface area (Å²) in [6.45, 7) is 7.01. The van der Waals surface area contributed by atoms with Crippen molar-refractivity contribution >= 4 is 33.2 Å². The third-order valence-corrected chi connectivity index (χ3v) is 8.59. The molecule has 0 aliphatic carbocycles. The number of carbonyl (C=O) groups is 1. The highest BCUT2D eigenvalue weighted by Crippen LogP contribution is 2.29. The van der Waals surface area contributed by atoms with Crippen molar-refractivity contribution in [1.82, 2.24) is 19.0 Å². The van der Waals surface area contributed by atoms with E-state index in [1.165, 1.54) is 15.9 Å². The fourth-order valence-electron chi connectivity index (χ4n) is 3.98. The molecule has 10 nitrogen and oxygen atoms in total. The number of hydrogen-bond donors (Lipinski definition) is 0. The van der Waals surface area contributed by atoms with E-state index in [-0.39, 0.29) is 17.8 Å². The molecule has 0 saturated carbocycles. The topological polar surface area (TPSA) is 105 Å². The van der Waals surface area contributed by atoms with E-state index in [9.17, 15) is 18.0 Å². The molecule has 4 rings (SSSR count). The highest BCUT2D eigenvalue weighted by atomic mass is 35.5. The van der Waals surface area contributed by atoms with E-state index in [4.69, 9.17) is 16.3 Å². The summed E-state index contributed by atoms with van der Waals surface area (Å²) in [5, 5.41) is 4.32. The van der Waals surface area contributed by atoms with Crippen molar-refractivity contribution in [1.29, 1.82) is 0 Å². The molecule has 2 aliphatic rings. The number of hydrogen-bond acceptors (Lipinski definition) is 7. The van der Waals surface area contributed by atoms with E-state index in [1.54, 1.807) is 49.2 Å². The van der Waals surface area contributed by atoms with E-state index in [2.05, 4.69) is 5.10 Å². The van der Waals surface area contributed by atoms with E-state index in [1.807, 2.05) is 4.90 Å². The number of rotatable bonds is 6. The van der Waals surface area contributed by atoms with Crippen LogP contribution in [0.25, 0.3) is 5.69 Å². The molecule has 1 aromatic heterocycles. The van der Waals surface area contributed by atoms with Crippen LogP contribution in [-0.4, -0.2) is 83.9 Å². The van der Waals surface area contributed by atoms with Gasteiger partial charge in [0.15, 0.2) is 0 Å². The number of halogens is 1. The molecule has 0 radical (unpaired) electrons. The van der Waals surface area contributed by atoms with Crippen molar-refractivity contribution in [3.63, 3.8) is 0 Å². The van der Waals surface area contributed by atoms with Crippen LogP contribution in [0.4, 0.5) is 5.69 Å². The number of ether oxygens (including phenoxy) is 1. The van der Waals surface area contributed by atoms with Gasteiger partial charge >= 0.3 is 5.56 Å². The zero-order valence-corrected chi connectivity index (χ0v) is 20.9. The molecule has 34 heavy (non-hydrogen) atoms. The Hall–Kier alpha value is -2.63. The SMILES string of the molecule is CC(=O)N1CC(Oc2c(N3CCN(S(=O)(=O)C(C)C)CC3)cnn(-c3cccc(Cl)c3)c2=O)C1. The molecule has 2 fully saturated rings. The Kier molecular flexibility index (Phi) is 6.88. The number of amides is 1. The van der Waals surface area contributed by atoms with Gasteiger partial charge in [-0.05, 0) is 32.0 Å². The molecule has 1 aromatic carbocycles. The van der Waals surface area contributed by atoms with Crippen LogP contribution >= 0.6 is 11.6 Å². The highest BCUT2D eigenvalue weighted by Gasteiger charge is 2.34. The molecule has 184 valence electrons. The summed E-state index contributed by atoms with van der Waals surface area (Å²) in [5.41, 5.74) is 0.560. The number of benzene rings is 1. The summed E-state index contributed by atoms with van der Waals surface area (Å²) < 4.78 is 33.9. The van der Waals surface area contributed by atoms with Crippen LogP contribution in [0, 0.1) is 0 Å². The quantitative estimate of drug-likeness (QED) is 0.579. The Labute approximate surface area is 203 Å². The van der Waals surface area contributed by atoms with Gasteiger partial charge in [0.1, 0.15) is 11.8 Å². The summed E-state index contributed by atoms with van der Waals surface area (Å²) in [7, 11) is -3.35. The number of aromatic nitrogens is 2. The summed E-state index contributed by atoms with van der Waals surface area (Å²) in [6.07, 6.45) is 1.25. The van der Waals surface area contributed by atoms with E-state index < -0.39 is 20.8 Å². The fourth-order valence-corrected chi connectivity index (χ4v) is 5.43. The second-order valence-electron chi connectivity index (χ2n) is 8.70. The average molecular weight is 510 g/mol. The minimum atomic E-state index is -3.35. The number of carbonyl (C=O) groups excluding carboxylic acids is 1. The van der Waals surface area contributed by atoms with Crippen LogP contribution in [0.2, 0.25) is 5.02 Å². The molecule has 12 heteroatoms. The monoisotopic (exact) mass is 509 g/mol. The molecular formula is C22H28ClN5O5S. The standard InChI is InChI=1S/C22H28ClN5O5S/c1-15(2)34(31,32)27-9-7-25(8-10-27)20-12-24-28(18-6-4-5-17(23)11-18)22(30)21(20)33-19-13-26(14-19)16(3)29/h4-6,11-12,15,19H,7-10,13-14H2,1-3H3. The van der Waals surface area contributed by atoms with Gasteiger partial charge in [-0.1, -0.05) is 17.7 Å². The maximum absolute atomic E-state index is 13.5. The number of nitrogens with zero attached hydrogens (tertiary/aromatic N) is 5. The Morgan fingerprint density at radius 2 is 1.85 bits per heavy atom. The van der Waals surface area contributed by atoms with Crippen molar-refractivity contribution < 1.29 is 17.9 Å². The van der Waals surface area contributed by atoms with Crippen LogP contribution in [0.3, 0.4) is 0 Å². The minimum Gasteiger partial charge on any atom is -0.479 e. The predicted molar refractivity (Wildman–Crippen MR) is 129 cm³/mol. The van der Waals surface area contributed by atoms with Gasteiger partial charge in [0.25, 0.3) is 0 Å². The largest absolute Gasteiger partial charge is 0.479 e. The lowest BCUT2D eigenvalue weighted by Gasteiger charge is -2.40. The smallest absolute Gasteiger partial charge is 0.316 e. The van der Waals surface area contributed by atoms with E-state index in [0.29, 0.717) is 55.7 Å². The van der Waals surface area contributed by atoms with Gasteiger partial charge in [0.2, 0.25) is 21.7 Å². The lowest BCUT2D eigenvalue weighted by atomic mass is 10.1. The minimum absolute atomic E-state index is 0.0476. The molecule has 1 amide bonds. The molecule has 0 unspecified atom stereocenters. The molecule has 2 saturated heterocycles. The highest BCUT2D eigenvalue weighted by molar-refractivity contribution is 7.89. The molecule has 3 heterocycles. The molecule has 0 N–H and O–H groups in total.